The fraction of sp³-hybridized carbons (Fsp3) is 0.190. The lowest BCUT2D eigenvalue weighted by atomic mass is 9.96. The van der Waals surface area contributed by atoms with Gasteiger partial charge in [-0.05, 0) is 64.9 Å². The summed E-state index contributed by atoms with van der Waals surface area (Å²) in [5.41, 5.74) is -0.0930. The molecule has 1 heterocycles. The molecule has 0 bridgehead atoms. The van der Waals surface area contributed by atoms with Crippen molar-refractivity contribution in [3.8, 4) is 22.4 Å². The van der Waals surface area contributed by atoms with Crippen LogP contribution in [0.15, 0.2) is 48.5 Å². The second-order valence-corrected chi connectivity index (χ2v) is 7.92. The van der Waals surface area contributed by atoms with E-state index in [9.17, 15) is 18.0 Å². The second-order valence-electron chi connectivity index (χ2n) is 6.24. The van der Waals surface area contributed by atoms with Gasteiger partial charge in [-0.2, -0.15) is 13.2 Å². The van der Waals surface area contributed by atoms with Gasteiger partial charge in [0.2, 0.25) is 0 Å². The quantitative estimate of drug-likeness (QED) is 0.272. The lowest BCUT2D eigenvalue weighted by Crippen LogP contribution is -2.17. The number of nitrogens with zero attached hydrogens (tertiary/aromatic N) is 1. The van der Waals surface area contributed by atoms with E-state index >= 15 is 0 Å². The Kier molecular flexibility index (Phi) is 6.28. The fourth-order valence-electron chi connectivity index (χ4n) is 3.29. The number of esters is 1. The van der Waals surface area contributed by atoms with Crippen LogP contribution in [0.25, 0.3) is 22.4 Å². The minimum Gasteiger partial charge on any atom is -0.462 e. The number of hydrogen-bond acceptors (Lipinski definition) is 2. The lowest BCUT2D eigenvalue weighted by molar-refractivity contribution is -0.143. The van der Waals surface area contributed by atoms with Gasteiger partial charge in [-0.3, -0.25) is 0 Å². The van der Waals surface area contributed by atoms with Gasteiger partial charge in [0.1, 0.15) is 5.69 Å². The molecule has 29 heavy (non-hydrogen) atoms. The molecule has 0 saturated heterocycles. The molecule has 152 valence electrons. The van der Waals surface area contributed by atoms with Crippen LogP contribution < -0.4 is 0 Å². The smallest absolute Gasteiger partial charge is 0.432 e. The van der Waals surface area contributed by atoms with Crippen molar-refractivity contribution in [1.82, 2.24) is 4.57 Å². The molecule has 3 aromatic rings. The highest BCUT2D eigenvalue weighted by Gasteiger charge is 2.43. The number of benzene rings is 2. The normalized spacial score (nSPS) is 11.6. The van der Waals surface area contributed by atoms with E-state index in [1.807, 2.05) is 6.07 Å². The summed E-state index contributed by atoms with van der Waals surface area (Å²) >= 11 is 8.03. The molecule has 0 aliphatic carbocycles. The topological polar surface area (TPSA) is 31.2 Å². The molecule has 3 rings (SSSR count). The van der Waals surface area contributed by atoms with Gasteiger partial charge in [-0.25, -0.2) is 4.79 Å². The maximum atomic E-state index is 14.0. The molecule has 0 radical (unpaired) electrons. The van der Waals surface area contributed by atoms with E-state index in [0.29, 0.717) is 16.1 Å². The van der Waals surface area contributed by atoms with Crippen LogP contribution in [0.2, 0.25) is 5.02 Å². The van der Waals surface area contributed by atoms with Crippen LogP contribution in [0.1, 0.15) is 23.0 Å². The SMILES string of the molecule is CCOC(=O)c1c(-c2cccc(I)c2)c(-c2ccc(Cl)cc2)n(C)c1C(F)(F)F. The molecule has 0 aliphatic rings. The van der Waals surface area contributed by atoms with Crippen LogP contribution in [0.4, 0.5) is 13.2 Å². The van der Waals surface area contributed by atoms with E-state index in [-0.39, 0.29) is 17.9 Å². The van der Waals surface area contributed by atoms with Crippen molar-refractivity contribution in [3.05, 3.63) is 68.4 Å². The number of carbonyl (C=O) groups excluding carboxylic acids is 1. The van der Waals surface area contributed by atoms with E-state index in [4.69, 9.17) is 16.3 Å². The predicted octanol–water partition coefficient (Wildman–Crippen LogP) is 6.81. The van der Waals surface area contributed by atoms with Gasteiger partial charge in [0.15, 0.2) is 0 Å². The van der Waals surface area contributed by atoms with Gasteiger partial charge in [0.05, 0.1) is 17.9 Å². The fourth-order valence-corrected chi connectivity index (χ4v) is 3.96. The van der Waals surface area contributed by atoms with E-state index < -0.39 is 23.4 Å². The van der Waals surface area contributed by atoms with Crippen LogP contribution in [0.3, 0.4) is 0 Å². The zero-order valence-electron chi connectivity index (χ0n) is 15.5. The van der Waals surface area contributed by atoms with Crippen molar-refractivity contribution in [2.45, 2.75) is 13.1 Å². The van der Waals surface area contributed by atoms with E-state index in [1.165, 1.54) is 7.05 Å². The van der Waals surface area contributed by atoms with E-state index in [2.05, 4.69) is 22.6 Å². The average molecular weight is 534 g/mol. The molecular weight excluding hydrogens is 518 g/mol. The number of aromatic nitrogens is 1. The maximum absolute atomic E-state index is 14.0. The molecule has 8 heteroatoms. The summed E-state index contributed by atoms with van der Waals surface area (Å²) < 4.78 is 48.9. The van der Waals surface area contributed by atoms with Crippen LogP contribution in [-0.2, 0) is 18.0 Å². The lowest BCUT2D eigenvalue weighted by Gasteiger charge is -2.12. The zero-order valence-corrected chi connectivity index (χ0v) is 18.4. The molecule has 0 fully saturated rings. The Morgan fingerprint density at radius 1 is 1.14 bits per heavy atom. The van der Waals surface area contributed by atoms with Gasteiger partial charge in [0, 0.05) is 21.2 Å². The summed E-state index contributed by atoms with van der Waals surface area (Å²) in [5.74, 6) is -1.01. The zero-order chi connectivity index (χ0) is 21.3. The largest absolute Gasteiger partial charge is 0.462 e. The Morgan fingerprint density at radius 3 is 2.34 bits per heavy atom. The second kappa shape index (κ2) is 8.39. The van der Waals surface area contributed by atoms with Crippen molar-refractivity contribution in [2.24, 2.45) is 7.05 Å². The highest BCUT2D eigenvalue weighted by Crippen LogP contribution is 2.45. The molecule has 0 N–H and O–H groups in total. The molecule has 0 atom stereocenters. The Hall–Kier alpha value is -2.00. The van der Waals surface area contributed by atoms with Gasteiger partial charge >= 0.3 is 12.1 Å². The first-order chi connectivity index (χ1) is 13.6. The van der Waals surface area contributed by atoms with Crippen molar-refractivity contribution < 1.29 is 22.7 Å². The molecule has 2 aromatic carbocycles. The van der Waals surface area contributed by atoms with E-state index in [1.54, 1.807) is 49.4 Å². The first-order valence-electron chi connectivity index (χ1n) is 8.64. The molecule has 0 aliphatic heterocycles. The summed E-state index contributed by atoms with van der Waals surface area (Å²) in [6, 6.07) is 13.4. The number of ether oxygens (including phenoxy) is 1. The van der Waals surface area contributed by atoms with Crippen molar-refractivity contribution in [3.63, 3.8) is 0 Å². The minimum atomic E-state index is -4.75. The first-order valence-corrected chi connectivity index (χ1v) is 10.1. The van der Waals surface area contributed by atoms with Gasteiger partial charge in [-0.1, -0.05) is 35.9 Å². The number of rotatable bonds is 4. The average Bonchev–Trinajstić information content (AvgIpc) is 2.96. The molecule has 0 unspecified atom stereocenters. The number of hydrogen-bond donors (Lipinski definition) is 0. The summed E-state index contributed by atoms with van der Waals surface area (Å²) in [6.07, 6.45) is -4.75. The summed E-state index contributed by atoms with van der Waals surface area (Å²) in [5, 5.41) is 0.459. The van der Waals surface area contributed by atoms with Gasteiger partial charge in [-0.15, -0.1) is 0 Å². The van der Waals surface area contributed by atoms with Gasteiger partial charge in [0.25, 0.3) is 0 Å². The van der Waals surface area contributed by atoms with Crippen LogP contribution >= 0.6 is 34.2 Å². The first kappa shape index (κ1) is 21.7. The molecule has 0 spiro atoms. The summed E-state index contributed by atoms with van der Waals surface area (Å²) in [7, 11) is 1.30. The Labute approximate surface area is 184 Å². The third kappa shape index (κ3) is 4.30. The third-order valence-corrected chi connectivity index (χ3v) is 5.30. The van der Waals surface area contributed by atoms with Crippen molar-refractivity contribution in [1.29, 1.82) is 0 Å². The van der Waals surface area contributed by atoms with Crippen molar-refractivity contribution >= 4 is 40.2 Å². The Morgan fingerprint density at radius 2 is 1.79 bits per heavy atom. The molecular formula is C21H16ClF3INO2. The monoisotopic (exact) mass is 533 g/mol. The van der Waals surface area contributed by atoms with Crippen LogP contribution in [0, 0.1) is 3.57 Å². The molecule has 0 saturated carbocycles. The molecule has 3 nitrogen and oxygen atoms in total. The summed E-state index contributed by atoms with van der Waals surface area (Å²) in [4.78, 5) is 12.7. The third-order valence-electron chi connectivity index (χ3n) is 4.37. The molecule has 0 amide bonds. The van der Waals surface area contributed by atoms with Crippen LogP contribution in [-0.4, -0.2) is 17.1 Å². The maximum Gasteiger partial charge on any atom is 0.432 e. The Balaban J connectivity index is 2.46. The Bertz CT molecular complexity index is 1060. The summed E-state index contributed by atoms with van der Waals surface area (Å²) in [6.45, 7) is 1.52. The predicted molar refractivity (Wildman–Crippen MR) is 115 cm³/mol. The number of alkyl halides is 3. The number of halogens is 5. The number of carbonyl (C=O) groups is 1. The van der Waals surface area contributed by atoms with Crippen molar-refractivity contribution in [2.75, 3.05) is 6.61 Å². The standard InChI is InChI=1S/C21H16ClF3INO2/c1-3-29-20(28)17-16(13-5-4-6-15(26)11-13)18(12-7-9-14(22)10-8-12)27(2)19(17)21(23,24)25/h4-11H,3H2,1-2H3. The highest BCUT2D eigenvalue weighted by molar-refractivity contribution is 14.1. The highest BCUT2D eigenvalue weighted by atomic mass is 127. The van der Waals surface area contributed by atoms with E-state index in [0.717, 1.165) is 8.14 Å². The van der Waals surface area contributed by atoms with Gasteiger partial charge < -0.3 is 9.30 Å². The minimum absolute atomic E-state index is 0.0347. The van der Waals surface area contributed by atoms with Crippen LogP contribution in [0.5, 0.6) is 0 Å². The molecule has 1 aromatic heterocycles.